The van der Waals surface area contributed by atoms with Crippen molar-refractivity contribution in [3.63, 3.8) is 0 Å². The maximum atomic E-state index is 10.6. The highest BCUT2D eigenvalue weighted by atomic mass is 16.6. The van der Waals surface area contributed by atoms with Gasteiger partial charge >= 0.3 is 0 Å². The van der Waals surface area contributed by atoms with Crippen LogP contribution in [0.4, 0.5) is 5.69 Å². The summed E-state index contributed by atoms with van der Waals surface area (Å²) in [4.78, 5) is 14.6. The summed E-state index contributed by atoms with van der Waals surface area (Å²) in [6.07, 6.45) is 17.0. The van der Waals surface area contributed by atoms with Gasteiger partial charge in [-0.2, -0.15) is 0 Å². The first-order valence-corrected chi connectivity index (χ1v) is 6.97. The highest BCUT2D eigenvalue weighted by Crippen LogP contribution is 2.23. The van der Waals surface area contributed by atoms with E-state index in [2.05, 4.69) is 29.3 Å². The average molecular weight is 290 g/mol. The van der Waals surface area contributed by atoms with E-state index in [1.807, 2.05) is 18.2 Å². The van der Waals surface area contributed by atoms with Crippen molar-refractivity contribution < 1.29 is 4.92 Å². The van der Waals surface area contributed by atoms with E-state index in [-0.39, 0.29) is 5.69 Å². The minimum Gasteiger partial charge on any atom is -0.258 e. The van der Waals surface area contributed by atoms with Crippen molar-refractivity contribution in [3.05, 3.63) is 99.3 Å². The van der Waals surface area contributed by atoms with Crippen LogP contribution in [0.15, 0.2) is 88.6 Å². The smallest absolute Gasteiger partial charge is 0.258 e. The van der Waals surface area contributed by atoms with Crippen LogP contribution in [0.25, 0.3) is 0 Å². The van der Waals surface area contributed by atoms with Crippen LogP contribution < -0.4 is 0 Å². The largest absolute Gasteiger partial charge is 0.269 e. The molecule has 0 saturated heterocycles. The zero-order valence-electron chi connectivity index (χ0n) is 11.8. The molecule has 1 aromatic rings. The predicted molar refractivity (Wildman–Crippen MR) is 87.8 cm³/mol. The summed E-state index contributed by atoms with van der Waals surface area (Å²) >= 11 is 0. The van der Waals surface area contributed by atoms with Crippen molar-refractivity contribution in [1.29, 1.82) is 0 Å². The molecule has 108 valence electrons. The average Bonchev–Trinajstić information content (AvgIpc) is 3.08. The molecular weight excluding hydrogens is 276 g/mol. The Morgan fingerprint density at radius 1 is 1.05 bits per heavy atom. The van der Waals surface area contributed by atoms with Gasteiger partial charge in [-0.25, -0.2) is 0 Å². The first-order valence-electron chi connectivity index (χ1n) is 6.97. The third-order valence-corrected chi connectivity index (χ3v) is 3.49. The number of hydrogen-bond donors (Lipinski definition) is 0. The number of nitro benzene ring substituents is 1. The molecule has 0 radical (unpaired) electrons. The summed E-state index contributed by atoms with van der Waals surface area (Å²) in [7, 11) is 0. The zero-order chi connectivity index (χ0) is 15.4. The van der Waals surface area contributed by atoms with Gasteiger partial charge in [0.15, 0.2) is 0 Å². The molecule has 0 unspecified atom stereocenters. The topological polar surface area (TPSA) is 55.5 Å². The molecule has 0 fully saturated rings. The Bertz CT molecular complexity index is 762. The van der Waals surface area contributed by atoms with E-state index in [4.69, 9.17) is 0 Å². The van der Waals surface area contributed by atoms with Gasteiger partial charge in [0, 0.05) is 18.3 Å². The lowest BCUT2D eigenvalue weighted by molar-refractivity contribution is -0.384. The molecule has 2 aliphatic carbocycles. The zero-order valence-corrected chi connectivity index (χ0v) is 11.8. The van der Waals surface area contributed by atoms with Gasteiger partial charge in [-0.3, -0.25) is 15.1 Å². The van der Waals surface area contributed by atoms with Crippen molar-refractivity contribution in [2.24, 2.45) is 4.99 Å². The highest BCUT2D eigenvalue weighted by molar-refractivity contribution is 5.81. The Kier molecular flexibility index (Phi) is 3.92. The van der Waals surface area contributed by atoms with Gasteiger partial charge in [-0.05, 0) is 41.3 Å². The highest BCUT2D eigenvalue weighted by Gasteiger charge is 2.05. The number of aliphatic imine (C=N–C) groups is 1. The fourth-order valence-corrected chi connectivity index (χ4v) is 2.27. The van der Waals surface area contributed by atoms with Crippen LogP contribution in [-0.2, 0) is 0 Å². The number of rotatable bonds is 3. The monoisotopic (exact) mass is 290 g/mol. The molecule has 0 spiro atoms. The molecule has 2 aliphatic rings. The van der Waals surface area contributed by atoms with Crippen LogP contribution in [0.1, 0.15) is 12.0 Å². The van der Waals surface area contributed by atoms with E-state index >= 15 is 0 Å². The second-order valence-electron chi connectivity index (χ2n) is 4.97. The molecule has 0 aromatic heterocycles. The minimum absolute atomic E-state index is 0.0860. The maximum absolute atomic E-state index is 10.6. The molecule has 0 aliphatic heterocycles. The SMILES string of the molecule is O=[N+]([O-])c1ccc(C=NC2=CCC(=C3C=CC=C3)C=C2)cc1. The quantitative estimate of drug-likeness (QED) is 0.474. The fraction of sp³-hybridized carbons (Fsp3) is 0.0556. The number of nitro groups is 1. The van der Waals surface area contributed by atoms with Gasteiger partial charge in [-0.15, -0.1) is 0 Å². The summed E-state index contributed by atoms with van der Waals surface area (Å²) in [6.45, 7) is 0. The van der Waals surface area contributed by atoms with Crippen molar-refractivity contribution in [1.82, 2.24) is 0 Å². The Labute approximate surface area is 128 Å². The molecule has 1 aromatic carbocycles. The Balaban J connectivity index is 1.68. The fourth-order valence-electron chi connectivity index (χ4n) is 2.27. The summed E-state index contributed by atoms with van der Waals surface area (Å²) in [5.74, 6) is 0. The van der Waals surface area contributed by atoms with E-state index in [1.54, 1.807) is 18.3 Å². The predicted octanol–water partition coefficient (Wildman–Crippen LogP) is 4.28. The van der Waals surface area contributed by atoms with Gasteiger partial charge in [0.1, 0.15) is 0 Å². The Morgan fingerprint density at radius 2 is 1.77 bits per heavy atom. The number of allylic oxidation sites excluding steroid dienone is 9. The minimum atomic E-state index is -0.408. The van der Waals surface area contributed by atoms with Crippen molar-refractivity contribution in [2.45, 2.75) is 6.42 Å². The van der Waals surface area contributed by atoms with Gasteiger partial charge < -0.3 is 0 Å². The molecular formula is C18H14N2O2. The lowest BCUT2D eigenvalue weighted by Gasteiger charge is -2.07. The van der Waals surface area contributed by atoms with Gasteiger partial charge in [0.25, 0.3) is 5.69 Å². The molecule has 22 heavy (non-hydrogen) atoms. The summed E-state index contributed by atoms with van der Waals surface area (Å²) < 4.78 is 0. The molecule has 0 saturated carbocycles. The third-order valence-electron chi connectivity index (χ3n) is 3.49. The van der Waals surface area contributed by atoms with Crippen LogP contribution in [0.5, 0.6) is 0 Å². The second-order valence-corrected chi connectivity index (χ2v) is 4.97. The maximum Gasteiger partial charge on any atom is 0.269 e. The van der Waals surface area contributed by atoms with E-state index in [0.717, 1.165) is 17.7 Å². The van der Waals surface area contributed by atoms with Crippen LogP contribution in [-0.4, -0.2) is 11.1 Å². The van der Waals surface area contributed by atoms with Gasteiger partial charge in [0.2, 0.25) is 0 Å². The molecule has 4 nitrogen and oxygen atoms in total. The molecule has 4 heteroatoms. The molecule has 0 atom stereocenters. The van der Waals surface area contributed by atoms with E-state index in [1.165, 1.54) is 23.3 Å². The molecule has 3 rings (SSSR count). The lowest BCUT2D eigenvalue weighted by Crippen LogP contribution is -1.91. The number of non-ortho nitro benzene ring substituents is 1. The second kappa shape index (κ2) is 6.18. The summed E-state index contributed by atoms with van der Waals surface area (Å²) in [6, 6.07) is 6.34. The number of hydrogen-bond acceptors (Lipinski definition) is 3. The molecule has 0 amide bonds. The van der Waals surface area contributed by atoms with Crippen molar-refractivity contribution in [3.8, 4) is 0 Å². The van der Waals surface area contributed by atoms with Crippen LogP contribution in [0, 0.1) is 10.1 Å². The van der Waals surface area contributed by atoms with E-state index < -0.39 is 4.92 Å². The molecule has 0 N–H and O–H groups in total. The Morgan fingerprint density at radius 3 is 2.36 bits per heavy atom. The third kappa shape index (κ3) is 3.17. The van der Waals surface area contributed by atoms with Crippen LogP contribution >= 0.6 is 0 Å². The van der Waals surface area contributed by atoms with Crippen molar-refractivity contribution in [2.75, 3.05) is 0 Å². The first kappa shape index (κ1) is 13.9. The van der Waals surface area contributed by atoms with Gasteiger partial charge in [-0.1, -0.05) is 36.5 Å². The standard InChI is InChI=1S/C18H14N2O2/c21-20(22)18-11-5-14(6-12-18)13-19-17-9-7-16(8-10-17)15-3-1-2-4-15/h1-7,9-13H,8H2. The first-order chi connectivity index (χ1) is 10.7. The number of nitrogens with zero attached hydrogens (tertiary/aromatic N) is 2. The lowest BCUT2D eigenvalue weighted by atomic mass is 10.0. The van der Waals surface area contributed by atoms with Crippen LogP contribution in [0.2, 0.25) is 0 Å². The Hall–Kier alpha value is -3.01. The summed E-state index contributed by atoms with van der Waals surface area (Å²) in [5.41, 5.74) is 4.34. The van der Waals surface area contributed by atoms with E-state index in [0.29, 0.717) is 0 Å². The number of benzene rings is 1. The molecule has 0 bridgehead atoms. The molecule has 0 heterocycles. The summed E-state index contributed by atoms with van der Waals surface area (Å²) in [5, 5.41) is 10.6. The van der Waals surface area contributed by atoms with Gasteiger partial charge in [0.05, 0.1) is 10.6 Å². The van der Waals surface area contributed by atoms with E-state index in [9.17, 15) is 10.1 Å². The van der Waals surface area contributed by atoms with Crippen molar-refractivity contribution >= 4 is 11.9 Å². The van der Waals surface area contributed by atoms with Crippen LogP contribution in [0.3, 0.4) is 0 Å². The normalized spacial score (nSPS) is 16.6.